The van der Waals surface area contributed by atoms with Gasteiger partial charge in [-0.05, 0) is 39.8 Å². The Morgan fingerprint density at radius 1 is 1.48 bits per heavy atom. The zero-order chi connectivity index (χ0) is 15.6. The van der Waals surface area contributed by atoms with Gasteiger partial charge in [0.2, 0.25) is 5.89 Å². The molecule has 0 radical (unpaired) electrons. The maximum atomic E-state index is 11.7. The first kappa shape index (κ1) is 15.2. The Morgan fingerprint density at radius 3 is 2.81 bits per heavy atom. The zero-order valence-corrected chi connectivity index (χ0v) is 12.5. The molecule has 0 aliphatic carbocycles. The second-order valence-electron chi connectivity index (χ2n) is 5.76. The Morgan fingerprint density at radius 2 is 2.19 bits per heavy atom. The van der Waals surface area contributed by atoms with Crippen LogP contribution in [0.3, 0.4) is 0 Å². The number of fused-ring (bicyclic) bond motifs is 1. The van der Waals surface area contributed by atoms with Crippen molar-refractivity contribution in [3.8, 4) is 0 Å². The van der Waals surface area contributed by atoms with Crippen molar-refractivity contribution in [2.45, 2.75) is 45.4 Å². The molecule has 2 heterocycles. The van der Waals surface area contributed by atoms with E-state index in [0.717, 1.165) is 0 Å². The molecule has 21 heavy (non-hydrogen) atoms. The molecule has 114 valence electrons. The van der Waals surface area contributed by atoms with Gasteiger partial charge < -0.3 is 19.6 Å². The molecule has 0 aliphatic heterocycles. The van der Waals surface area contributed by atoms with Crippen LogP contribution in [-0.2, 0) is 4.74 Å². The van der Waals surface area contributed by atoms with Gasteiger partial charge in [0.1, 0.15) is 5.60 Å². The van der Waals surface area contributed by atoms with Gasteiger partial charge in [-0.3, -0.25) is 0 Å². The summed E-state index contributed by atoms with van der Waals surface area (Å²) in [6.07, 6.45) is -0.112. The second kappa shape index (κ2) is 5.69. The number of aliphatic hydroxyl groups is 1. The van der Waals surface area contributed by atoms with Gasteiger partial charge in [-0.2, -0.15) is 4.98 Å². The van der Waals surface area contributed by atoms with Crippen molar-refractivity contribution in [2.24, 2.45) is 0 Å². The lowest BCUT2D eigenvalue weighted by Crippen LogP contribution is -2.40. The molecular formula is C14H19N3O4. The fourth-order valence-electron chi connectivity index (χ4n) is 1.70. The number of pyridine rings is 1. The summed E-state index contributed by atoms with van der Waals surface area (Å²) in [5.41, 5.74) is 0.294. The lowest BCUT2D eigenvalue weighted by Gasteiger charge is -2.23. The topological polar surface area (TPSA) is 97.5 Å². The van der Waals surface area contributed by atoms with Crippen LogP contribution in [0.2, 0.25) is 0 Å². The van der Waals surface area contributed by atoms with E-state index in [1.165, 1.54) is 0 Å². The van der Waals surface area contributed by atoms with Gasteiger partial charge in [0.05, 0.1) is 6.04 Å². The Kier molecular flexibility index (Phi) is 4.13. The summed E-state index contributed by atoms with van der Waals surface area (Å²) in [6, 6.07) is 2.80. The number of hydrogen-bond acceptors (Lipinski definition) is 6. The zero-order valence-electron chi connectivity index (χ0n) is 12.5. The lowest BCUT2D eigenvalue weighted by atomic mass is 10.2. The summed E-state index contributed by atoms with van der Waals surface area (Å²) in [5, 5.41) is 12.7. The standard InChI is InChI=1S/C14H19N3O4/c1-8(16-13(19)21-14(2,3)4)10(18)12-17-11-9(20-12)6-5-7-15-11/h5-8,10,18H,1-4H3,(H,16,19)/t8?,10-/m0/s1. The van der Waals surface area contributed by atoms with Crippen LogP contribution >= 0.6 is 0 Å². The molecule has 1 amide bonds. The van der Waals surface area contributed by atoms with Crippen LogP contribution in [0.4, 0.5) is 4.79 Å². The van der Waals surface area contributed by atoms with E-state index in [4.69, 9.17) is 9.15 Å². The van der Waals surface area contributed by atoms with E-state index in [1.807, 2.05) is 0 Å². The van der Waals surface area contributed by atoms with E-state index in [-0.39, 0.29) is 5.89 Å². The quantitative estimate of drug-likeness (QED) is 0.900. The molecule has 7 nitrogen and oxygen atoms in total. The Bertz CT molecular complexity index is 599. The molecule has 2 aromatic heterocycles. The maximum absolute atomic E-state index is 11.7. The van der Waals surface area contributed by atoms with Crippen LogP contribution in [0.15, 0.2) is 22.7 Å². The number of rotatable bonds is 3. The van der Waals surface area contributed by atoms with Crippen molar-refractivity contribution >= 4 is 17.3 Å². The molecule has 0 aliphatic rings. The lowest BCUT2D eigenvalue weighted by molar-refractivity contribution is 0.0410. The number of hydrogen-bond donors (Lipinski definition) is 2. The first-order valence-electron chi connectivity index (χ1n) is 6.65. The first-order valence-corrected chi connectivity index (χ1v) is 6.65. The van der Waals surface area contributed by atoms with Crippen LogP contribution in [-0.4, -0.2) is 32.8 Å². The Labute approximate surface area is 122 Å². The number of ether oxygens (including phenoxy) is 1. The highest BCUT2D eigenvalue weighted by atomic mass is 16.6. The number of alkyl carbamates (subject to hydrolysis) is 1. The van der Waals surface area contributed by atoms with Gasteiger partial charge >= 0.3 is 6.09 Å². The van der Waals surface area contributed by atoms with Gasteiger partial charge in [-0.1, -0.05) is 0 Å². The average molecular weight is 293 g/mol. The van der Waals surface area contributed by atoms with Crippen molar-refractivity contribution in [1.29, 1.82) is 0 Å². The Hall–Kier alpha value is -2.15. The number of nitrogens with zero attached hydrogens (tertiary/aromatic N) is 2. The molecule has 0 spiro atoms. The monoisotopic (exact) mass is 293 g/mol. The first-order chi connectivity index (χ1) is 9.76. The summed E-state index contributed by atoms with van der Waals surface area (Å²) in [6.45, 7) is 6.93. The van der Waals surface area contributed by atoms with E-state index in [0.29, 0.717) is 11.2 Å². The number of nitrogens with one attached hydrogen (secondary N) is 1. The van der Waals surface area contributed by atoms with Crippen LogP contribution < -0.4 is 5.32 Å². The smallest absolute Gasteiger partial charge is 0.407 e. The van der Waals surface area contributed by atoms with E-state index >= 15 is 0 Å². The molecule has 2 N–H and O–H groups in total. The third-order valence-corrected chi connectivity index (χ3v) is 2.65. The largest absolute Gasteiger partial charge is 0.444 e. The molecule has 0 fully saturated rings. The molecule has 0 saturated heterocycles. The molecule has 7 heteroatoms. The van der Waals surface area contributed by atoms with E-state index in [2.05, 4.69) is 15.3 Å². The summed E-state index contributed by atoms with van der Waals surface area (Å²) in [4.78, 5) is 19.8. The van der Waals surface area contributed by atoms with Crippen molar-refractivity contribution in [3.63, 3.8) is 0 Å². The molecular weight excluding hydrogens is 274 g/mol. The number of oxazole rings is 1. The SMILES string of the molecule is CC(NC(=O)OC(C)(C)C)[C@H](O)c1nc2ncccc2o1. The highest BCUT2D eigenvalue weighted by Gasteiger charge is 2.26. The van der Waals surface area contributed by atoms with Crippen molar-refractivity contribution in [1.82, 2.24) is 15.3 Å². The minimum absolute atomic E-state index is 0.104. The number of aliphatic hydroxyl groups excluding tert-OH is 1. The van der Waals surface area contributed by atoms with Gasteiger partial charge in [-0.25, -0.2) is 9.78 Å². The third kappa shape index (κ3) is 3.91. The van der Waals surface area contributed by atoms with Crippen LogP contribution in [0.5, 0.6) is 0 Å². The predicted octanol–water partition coefficient (Wildman–Crippen LogP) is 2.17. The van der Waals surface area contributed by atoms with E-state index in [1.54, 1.807) is 46.0 Å². The maximum Gasteiger partial charge on any atom is 0.407 e. The summed E-state index contributed by atoms with van der Waals surface area (Å²) >= 11 is 0. The fourth-order valence-corrected chi connectivity index (χ4v) is 1.70. The van der Waals surface area contributed by atoms with Crippen molar-refractivity contribution < 1.29 is 19.1 Å². The molecule has 0 saturated carbocycles. The summed E-state index contributed by atoms with van der Waals surface area (Å²) in [5.74, 6) is 0.104. The van der Waals surface area contributed by atoms with Gasteiger partial charge in [0.15, 0.2) is 17.3 Å². The highest BCUT2D eigenvalue weighted by Crippen LogP contribution is 2.21. The van der Waals surface area contributed by atoms with Crippen molar-refractivity contribution in [3.05, 3.63) is 24.2 Å². The fraction of sp³-hybridized carbons (Fsp3) is 0.500. The van der Waals surface area contributed by atoms with Crippen LogP contribution in [0.25, 0.3) is 11.2 Å². The van der Waals surface area contributed by atoms with Gasteiger partial charge in [0.25, 0.3) is 0 Å². The normalized spacial score (nSPS) is 14.7. The molecule has 0 bridgehead atoms. The number of carbonyl (C=O) groups is 1. The Balaban J connectivity index is 2.05. The van der Waals surface area contributed by atoms with E-state index < -0.39 is 23.8 Å². The number of amides is 1. The van der Waals surface area contributed by atoms with Crippen LogP contribution in [0, 0.1) is 0 Å². The third-order valence-electron chi connectivity index (χ3n) is 2.65. The molecule has 1 unspecified atom stereocenters. The molecule has 2 rings (SSSR count). The summed E-state index contributed by atoms with van der Waals surface area (Å²) in [7, 11) is 0. The minimum Gasteiger partial charge on any atom is -0.444 e. The second-order valence-corrected chi connectivity index (χ2v) is 5.76. The number of aromatic nitrogens is 2. The number of carbonyl (C=O) groups excluding carboxylic acids is 1. The molecule has 2 atom stereocenters. The van der Waals surface area contributed by atoms with Gasteiger partial charge in [-0.15, -0.1) is 0 Å². The summed E-state index contributed by atoms with van der Waals surface area (Å²) < 4.78 is 10.5. The average Bonchev–Trinajstić information content (AvgIpc) is 2.78. The van der Waals surface area contributed by atoms with Gasteiger partial charge in [0, 0.05) is 6.20 Å². The molecule has 0 aromatic carbocycles. The van der Waals surface area contributed by atoms with Crippen LogP contribution in [0.1, 0.15) is 39.7 Å². The highest BCUT2D eigenvalue weighted by molar-refractivity contribution is 5.68. The predicted molar refractivity (Wildman–Crippen MR) is 75.6 cm³/mol. The van der Waals surface area contributed by atoms with E-state index in [9.17, 15) is 9.90 Å². The molecule has 2 aromatic rings. The minimum atomic E-state index is -1.09. The van der Waals surface area contributed by atoms with Crippen molar-refractivity contribution in [2.75, 3.05) is 0 Å².